The van der Waals surface area contributed by atoms with E-state index in [0.29, 0.717) is 5.75 Å². The molecule has 0 aromatic heterocycles. The van der Waals surface area contributed by atoms with Gasteiger partial charge in [0.05, 0.1) is 11.5 Å². The molecule has 0 spiro atoms. The number of nitrogens with zero attached hydrogens (tertiary/aromatic N) is 1. The summed E-state index contributed by atoms with van der Waals surface area (Å²) in [5.74, 6) is -0.237. The van der Waals surface area contributed by atoms with Gasteiger partial charge in [0.15, 0.2) is 0 Å². The van der Waals surface area contributed by atoms with Crippen LogP contribution in [0.5, 0.6) is 5.75 Å². The molecule has 1 aromatic carbocycles. The lowest BCUT2D eigenvalue weighted by Crippen LogP contribution is -2.26. The van der Waals surface area contributed by atoms with Gasteiger partial charge in [-0.15, -0.1) is 0 Å². The van der Waals surface area contributed by atoms with E-state index < -0.39 is 20.1 Å². The SMILES string of the molecule is CCCc1ccccc1OS(=O)(=O)CCCS(=O)(=O)N(C)C. The maximum absolute atomic E-state index is 12.0. The number of hydrogen-bond donors (Lipinski definition) is 0. The number of hydrogen-bond acceptors (Lipinski definition) is 5. The third kappa shape index (κ3) is 5.94. The van der Waals surface area contributed by atoms with E-state index in [4.69, 9.17) is 4.18 Å². The first-order valence-electron chi connectivity index (χ1n) is 7.08. The molecule has 0 atom stereocenters. The first kappa shape index (κ1) is 18.9. The largest absolute Gasteiger partial charge is 0.382 e. The normalized spacial score (nSPS) is 12.5. The third-order valence-electron chi connectivity index (χ3n) is 3.06. The van der Waals surface area contributed by atoms with Crippen molar-refractivity contribution in [3.05, 3.63) is 29.8 Å². The molecule has 0 bridgehead atoms. The van der Waals surface area contributed by atoms with Crippen LogP contribution in [0.25, 0.3) is 0 Å². The van der Waals surface area contributed by atoms with E-state index in [9.17, 15) is 16.8 Å². The summed E-state index contributed by atoms with van der Waals surface area (Å²) in [6.45, 7) is 2.00. The summed E-state index contributed by atoms with van der Waals surface area (Å²) >= 11 is 0. The Bertz CT molecular complexity index is 681. The Balaban J connectivity index is 2.69. The monoisotopic (exact) mass is 349 g/mol. The molecule has 6 nitrogen and oxygen atoms in total. The quantitative estimate of drug-likeness (QED) is 0.633. The fourth-order valence-electron chi connectivity index (χ4n) is 1.84. The highest BCUT2D eigenvalue weighted by Crippen LogP contribution is 2.21. The van der Waals surface area contributed by atoms with E-state index in [1.54, 1.807) is 12.1 Å². The molecule has 0 radical (unpaired) electrons. The van der Waals surface area contributed by atoms with Crippen LogP contribution in [0.3, 0.4) is 0 Å². The number of rotatable bonds is 9. The smallest absolute Gasteiger partial charge is 0.309 e. The Morgan fingerprint density at radius 2 is 1.68 bits per heavy atom. The Hall–Kier alpha value is -1.12. The van der Waals surface area contributed by atoms with Gasteiger partial charge in [-0.3, -0.25) is 0 Å². The molecule has 0 aliphatic rings. The maximum Gasteiger partial charge on any atom is 0.309 e. The highest BCUT2D eigenvalue weighted by molar-refractivity contribution is 7.89. The van der Waals surface area contributed by atoms with Gasteiger partial charge in [0.25, 0.3) is 0 Å². The summed E-state index contributed by atoms with van der Waals surface area (Å²) < 4.78 is 53.4. The Labute approximate surface area is 133 Å². The van der Waals surface area contributed by atoms with Crippen LogP contribution >= 0.6 is 0 Å². The summed E-state index contributed by atoms with van der Waals surface area (Å²) in [4.78, 5) is 0. The summed E-state index contributed by atoms with van der Waals surface area (Å²) in [5.41, 5.74) is 0.828. The van der Waals surface area contributed by atoms with Gasteiger partial charge in [0, 0.05) is 14.1 Å². The number of sulfonamides is 1. The molecule has 22 heavy (non-hydrogen) atoms. The average molecular weight is 349 g/mol. The van der Waals surface area contributed by atoms with Crippen molar-refractivity contribution >= 4 is 20.1 Å². The lowest BCUT2D eigenvalue weighted by Gasteiger charge is -2.12. The zero-order valence-corrected chi connectivity index (χ0v) is 14.8. The van der Waals surface area contributed by atoms with Gasteiger partial charge in [0.2, 0.25) is 10.0 Å². The minimum atomic E-state index is -3.81. The van der Waals surface area contributed by atoms with Crippen molar-refractivity contribution in [2.75, 3.05) is 25.6 Å². The topological polar surface area (TPSA) is 80.8 Å². The van der Waals surface area contributed by atoms with Crippen LogP contribution < -0.4 is 4.18 Å². The highest BCUT2D eigenvalue weighted by atomic mass is 32.2. The maximum atomic E-state index is 12.0. The standard InChI is InChI=1S/C14H23NO5S2/c1-4-8-13-9-5-6-10-14(13)20-22(18,19)12-7-11-21(16,17)15(2)3/h5-6,9-10H,4,7-8,11-12H2,1-3H3. The molecule has 1 rings (SSSR count). The molecule has 0 heterocycles. The van der Waals surface area contributed by atoms with E-state index in [1.165, 1.54) is 14.1 Å². The van der Waals surface area contributed by atoms with Crippen LogP contribution in [0.15, 0.2) is 24.3 Å². The van der Waals surface area contributed by atoms with E-state index in [-0.39, 0.29) is 17.9 Å². The van der Waals surface area contributed by atoms with E-state index in [0.717, 1.165) is 22.7 Å². The van der Waals surface area contributed by atoms with Gasteiger partial charge in [-0.2, -0.15) is 8.42 Å². The molecule has 0 N–H and O–H groups in total. The minimum Gasteiger partial charge on any atom is -0.382 e. The van der Waals surface area contributed by atoms with Gasteiger partial charge in [-0.1, -0.05) is 31.5 Å². The molecule has 0 fully saturated rings. The van der Waals surface area contributed by atoms with Crippen LogP contribution in [0.2, 0.25) is 0 Å². The minimum absolute atomic E-state index is 0.00120. The zero-order valence-electron chi connectivity index (χ0n) is 13.1. The second-order valence-electron chi connectivity index (χ2n) is 5.15. The highest BCUT2D eigenvalue weighted by Gasteiger charge is 2.19. The van der Waals surface area contributed by atoms with Crippen molar-refractivity contribution in [2.45, 2.75) is 26.2 Å². The van der Waals surface area contributed by atoms with E-state index >= 15 is 0 Å². The first-order chi connectivity index (χ1) is 10.2. The van der Waals surface area contributed by atoms with Crippen molar-refractivity contribution in [1.82, 2.24) is 4.31 Å². The van der Waals surface area contributed by atoms with Crippen molar-refractivity contribution in [1.29, 1.82) is 0 Å². The molecule has 0 amide bonds. The molecular formula is C14H23NO5S2. The van der Waals surface area contributed by atoms with Crippen molar-refractivity contribution in [2.24, 2.45) is 0 Å². The molecule has 126 valence electrons. The fraction of sp³-hybridized carbons (Fsp3) is 0.571. The molecule has 0 unspecified atom stereocenters. The zero-order chi connectivity index (χ0) is 16.8. The second-order valence-corrected chi connectivity index (χ2v) is 9.15. The van der Waals surface area contributed by atoms with Gasteiger partial charge in [0.1, 0.15) is 5.75 Å². The summed E-state index contributed by atoms with van der Waals surface area (Å²) in [5, 5.41) is 0. The summed E-state index contributed by atoms with van der Waals surface area (Å²) in [6.07, 6.45) is 1.60. The van der Waals surface area contributed by atoms with Crippen LogP contribution in [-0.4, -0.2) is 46.7 Å². The number of benzene rings is 1. The number of aryl methyl sites for hydroxylation is 1. The van der Waals surface area contributed by atoms with Gasteiger partial charge < -0.3 is 4.18 Å². The second kappa shape index (κ2) is 7.94. The average Bonchev–Trinajstić information content (AvgIpc) is 2.40. The Morgan fingerprint density at radius 3 is 2.27 bits per heavy atom. The van der Waals surface area contributed by atoms with Gasteiger partial charge in [-0.05, 0) is 24.5 Å². The fourth-order valence-corrected chi connectivity index (χ4v) is 3.91. The predicted molar refractivity (Wildman–Crippen MR) is 86.9 cm³/mol. The molecule has 0 saturated heterocycles. The lowest BCUT2D eigenvalue weighted by atomic mass is 10.1. The van der Waals surface area contributed by atoms with Crippen molar-refractivity contribution in [3.63, 3.8) is 0 Å². The Morgan fingerprint density at radius 1 is 1.05 bits per heavy atom. The summed E-state index contributed by atoms with van der Waals surface area (Å²) in [7, 11) is -4.37. The lowest BCUT2D eigenvalue weighted by molar-refractivity contribution is 0.481. The van der Waals surface area contributed by atoms with Crippen molar-refractivity contribution < 1.29 is 21.0 Å². The Kier molecular flexibility index (Phi) is 6.83. The number of para-hydroxylation sites is 1. The first-order valence-corrected chi connectivity index (χ1v) is 10.3. The molecular weight excluding hydrogens is 326 g/mol. The van der Waals surface area contributed by atoms with Crippen LogP contribution in [0.4, 0.5) is 0 Å². The molecule has 0 aliphatic heterocycles. The molecule has 8 heteroatoms. The van der Waals surface area contributed by atoms with E-state index in [2.05, 4.69) is 0 Å². The predicted octanol–water partition coefficient (Wildman–Crippen LogP) is 1.63. The molecule has 0 saturated carbocycles. The van der Waals surface area contributed by atoms with Crippen molar-refractivity contribution in [3.8, 4) is 5.75 Å². The van der Waals surface area contributed by atoms with Crippen LogP contribution in [0.1, 0.15) is 25.3 Å². The van der Waals surface area contributed by atoms with Crippen LogP contribution in [0, 0.1) is 0 Å². The third-order valence-corrected chi connectivity index (χ3v) is 6.20. The van der Waals surface area contributed by atoms with E-state index in [1.807, 2.05) is 19.1 Å². The molecule has 0 aliphatic carbocycles. The summed E-state index contributed by atoms with van der Waals surface area (Å²) in [6, 6.07) is 6.97. The van der Waals surface area contributed by atoms with Gasteiger partial charge >= 0.3 is 10.1 Å². The van der Waals surface area contributed by atoms with Gasteiger partial charge in [-0.25, -0.2) is 12.7 Å². The molecule has 1 aromatic rings. The van der Waals surface area contributed by atoms with Crippen LogP contribution in [-0.2, 0) is 26.6 Å².